The van der Waals surface area contributed by atoms with Gasteiger partial charge in [0.15, 0.2) is 0 Å². The molecule has 6 nitrogen and oxygen atoms in total. The second-order valence-corrected chi connectivity index (χ2v) is 4.57. The van der Waals surface area contributed by atoms with Gasteiger partial charge in [0.1, 0.15) is 5.75 Å². The minimum Gasteiger partial charge on any atom is -0.495 e. The Labute approximate surface area is 127 Å². The molecular weight excluding hydrogens is 296 g/mol. The number of anilines is 1. The van der Waals surface area contributed by atoms with E-state index >= 15 is 0 Å². The molecule has 112 valence electrons. The van der Waals surface area contributed by atoms with E-state index in [0.29, 0.717) is 16.5 Å². The molecule has 0 saturated carbocycles. The summed E-state index contributed by atoms with van der Waals surface area (Å²) in [7, 11) is 1.47. The molecular formula is C14H15ClN2O4. The highest BCUT2D eigenvalue weighted by atomic mass is 35.5. The maximum absolute atomic E-state index is 11.9. The number of ether oxygens (including phenoxy) is 1. The van der Waals surface area contributed by atoms with Crippen LogP contribution < -0.4 is 10.1 Å². The van der Waals surface area contributed by atoms with E-state index in [0.717, 1.165) is 0 Å². The van der Waals surface area contributed by atoms with Crippen molar-refractivity contribution in [1.82, 2.24) is 4.90 Å². The molecule has 2 N–H and O–H groups in total. The van der Waals surface area contributed by atoms with Gasteiger partial charge in [0, 0.05) is 5.02 Å². The lowest BCUT2D eigenvalue weighted by atomic mass is 10.3. The first-order chi connectivity index (χ1) is 9.96. The van der Waals surface area contributed by atoms with E-state index in [4.69, 9.17) is 27.9 Å². The number of nitrogens with zero attached hydrogens (tertiary/aromatic N) is 1. The third-order valence-corrected chi connectivity index (χ3v) is 2.71. The van der Waals surface area contributed by atoms with Crippen LogP contribution in [0.4, 0.5) is 5.69 Å². The van der Waals surface area contributed by atoms with Crippen molar-refractivity contribution >= 4 is 29.2 Å². The largest absolute Gasteiger partial charge is 0.495 e. The molecule has 0 unspecified atom stereocenters. The molecule has 0 spiro atoms. The fourth-order valence-electron chi connectivity index (χ4n) is 1.66. The van der Waals surface area contributed by atoms with Crippen LogP contribution in [0.5, 0.6) is 5.75 Å². The van der Waals surface area contributed by atoms with Crippen molar-refractivity contribution in [3.05, 3.63) is 23.2 Å². The standard InChI is InChI=1S/C14H15ClN2O4/c1-3-6-17(9-14(19)20)8-13(18)16-11-7-10(15)4-5-12(11)21-2/h1,4-5,7H,6,8-9H2,2H3,(H,16,18)(H,19,20). The molecule has 7 heteroatoms. The molecule has 0 radical (unpaired) electrons. The van der Waals surface area contributed by atoms with Crippen molar-refractivity contribution in [2.75, 3.05) is 32.1 Å². The molecule has 1 rings (SSSR count). The number of nitrogens with one attached hydrogen (secondary N) is 1. The topological polar surface area (TPSA) is 78.9 Å². The average molecular weight is 311 g/mol. The van der Waals surface area contributed by atoms with E-state index in [-0.39, 0.29) is 19.6 Å². The van der Waals surface area contributed by atoms with Crippen LogP contribution in [0, 0.1) is 12.3 Å². The van der Waals surface area contributed by atoms with Crippen molar-refractivity contribution < 1.29 is 19.4 Å². The van der Waals surface area contributed by atoms with Gasteiger partial charge in [0.25, 0.3) is 0 Å². The summed E-state index contributed by atoms with van der Waals surface area (Å²) in [4.78, 5) is 24.0. The zero-order valence-electron chi connectivity index (χ0n) is 11.4. The maximum atomic E-state index is 11.9. The molecule has 1 aromatic carbocycles. The van der Waals surface area contributed by atoms with Crippen molar-refractivity contribution in [1.29, 1.82) is 0 Å². The van der Waals surface area contributed by atoms with E-state index < -0.39 is 11.9 Å². The SMILES string of the molecule is C#CCN(CC(=O)O)CC(=O)Nc1cc(Cl)ccc1OC. The van der Waals surface area contributed by atoms with E-state index in [2.05, 4.69) is 11.2 Å². The summed E-state index contributed by atoms with van der Waals surface area (Å²) in [5.74, 6) is 1.30. The number of halogens is 1. The number of terminal acetylenes is 1. The monoisotopic (exact) mass is 310 g/mol. The number of carbonyl (C=O) groups excluding carboxylic acids is 1. The number of carbonyl (C=O) groups is 2. The Bertz CT molecular complexity index is 569. The molecule has 0 bridgehead atoms. The van der Waals surface area contributed by atoms with E-state index in [1.54, 1.807) is 18.2 Å². The van der Waals surface area contributed by atoms with Crippen molar-refractivity contribution in [2.45, 2.75) is 0 Å². The van der Waals surface area contributed by atoms with Gasteiger partial charge in [-0.3, -0.25) is 14.5 Å². The van der Waals surface area contributed by atoms with Gasteiger partial charge in [-0.05, 0) is 18.2 Å². The van der Waals surface area contributed by atoms with Gasteiger partial charge in [-0.1, -0.05) is 17.5 Å². The third kappa shape index (κ3) is 5.73. The summed E-state index contributed by atoms with van der Waals surface area (Å²) in [5.41, 5.74) is 0.408. The van der Waals surface area contributed by atoms with Gasteiger partial charge >= 0.3 is 5.97 Å². The summed E-state index contributed by atoms with van der Waals surface area (Å²) in [6.45, 7) is -0.400. The van der Waals surface area contributed by atoms with Crippen LogP contribution in [0.3, 0.4) is 0 Å². The Morgan fingerprint density at radius 1 is 1.48 bits per heavy atom. The summed E-state index contributed by atoms with van der Waals surface area (Å²) in [6.07, 6.45) is 5.15. The summed E-state index contributed by atoms with van der Waals surface area (Å²) >= 11 is 5.86. The predicted octanol–water partition coefficient (Wildman–Crippen LogP) is 1.31. The van der Waals surface area contributed by atoms with Crippen molar-refractivity contribution in [3.8, 4) is 18.1 Å². The average Bonchev–Trinajstić information content (AvgIpc) is 2.38. The maximum Gasteiger partial charge on any atom is 0.317 e. The van der Waals surface area contributed by atoms with Crippen molar-refractivity contribution in [3.63, 3.8) is 0 Å². The first-order valence-corrected chi connectivity index (χ1v) is 6.35. The Kier molecular flexibility index (Phi) is 6.53. The highest BCUT2D eigenvalue weighted by molar-refractivity contribution is 6.31. The lowest BCUT2D eigenvalue weighted by molar-refractivity contribution is -0.138. The van der Waals surface area contributed by atoms with Gasteiger partial charge in [0.05, 0.1) is 32.4 Å². The van der Waals surface area contributed by atoms with E-state index in [1.807, 2.05) is 0 Å². The summed E-state index contributed by atoms with van der Waals surface area (Å²) in [5, 5.41) is 11.8. The van der Waals surface area contributed by atoms with Crippen LogP contribution in [-0.4, -0.2) is 48.6 Å². The molecule has 0 saturated heterocycles. The molecule has 21 heavy (non-hydrogen) atoms. The first kappa shape index (κ1) is 16.8. The molecule has 1 aromatic rings. The number of benzene rings is 1. The van der Waals surface area contributed by atoms with Crippen LogP contribution in [0.2, 0.25) is 5.02 Å². The fourth-order valence-corrected chi connectivity index (χ4v) is 1.83. The number of hydrogen-bond donors (Lipinski definition) is 2. The quantitative estimate of drug-likeness (QED) is 0.742. The Morgan fingerprint density at radius 3 is 2.76 bits per heavy atom. The molecule has 0 aliphatic heterocycles. The Balaban J connectivity index is 2.74. The van der Waals surface area contributed by atoms with Crippen LogP contribution in [0.15, 0.2) is 18.2 Å². The number of hydrogen-bond acceptors (Lipinski definition) is 4. The van der Waals surface area contributed by atoms with Crippen LogP contribution >= 0.6 is 11.6 Å². The highest BCUT2D eigenvalue weighted by Crippen LogP contribution is 2.27. The minimum absolute atomic E-state index is 0.0619. The van der Waals surface area contributed by atoms with E-state index in [1.165, 1.54) is 12.0 Å². The Morgan fingerprint density at radius 2 is 2.19 bits per heavy atom. The zero-order chi connectivity index (χ0) is 15.8. The number of methoxy groups -OCH3 is 1. The fraction of sp³-hybridized carbons (Fsp3) is 0.286. The van der Waals surface area contributed by atoms with Gasteiger partial charge in [0.2, 0.25) is 5.91 Å². The lowest BCUT2D eigenvalue weighted by Gasteiger charge is -2.17. The highest BCUT2D eigenvalue weighted by Gasteiger charge is 2.14. The molecule has 0 aliphatic carbocycles. The van der Waals surface area contributed by atoms with Gasteiger partial charge in [-0.2, -0.15) is 0 Å². The van der Waals surface area contributed by atoms with Gasteiger partial charge in [-0.15, -0.1) is 6.42 Å². The number of aliphatic carboxylic acids is 1. The number of rotatable bonds is 7. The number of carboxylic acids is 1. The molecule has 0 aromatic heterocycles. The van der Waals surface area contributed by atoms with Gasteiger partial charge in [-0.25, -0.2) is 0 Å². The molecule has 0 atom stereocenters. The second kappa shape index (κ2) is 8.15. The number of amides is 1. The first-order valence-electron chi connectivity index (χ1n) is 5.97. The number of carboxylic acid groups (broad SMARTS) is 1. The second-order valence-electron chi connectivity index (χ2n) is 4.14. The normalized spacial score (nSPS) is 10.0. The van der Waals surface area contributed by atoms with Crippen LogP contribution in [0.1, 0.15) is 0 Å². The molecule has 1 amide bonds. The third-order valence-electron chi connectivity index (χ3n) is 2.48. The van der Waals surface area contributed by atoms with Gasteiger partial charge < -0.3 is 15.2 Å². The molecule has 0 fully saturated rings. The Hall–Kier alpha value is -2.23. The predicted molar refractivity (Wildman–Crippen MR) is 79.5 cm³/mol. The van der Waals surface area contributed by atoms with Crippen molar-refractivity contribution in [2.24, 2.45) is 0 Å². The van der Waals surface area contributed by atoms with E-state index in [9.17, 15) is 9.59 Å². The summed E-state index contributed by atoms with van der Waals surface area (Å²) < 4.78 is 5.10. The minimum atomic E-state index is -1.06. The zero-order valence-corrected chi connectivity index (χ0v) is 12.2. The van der Waals surface area contributed by atoms with Crippen LogP contribution in [0.25, 0.3) is 0 Å². The molecule has 0 heterocycles. The summed E-state index contributed by atoms with van der Waals surface area (Å²) in [6, 6.07) is 4.79. The smallest absolute Gasteiger partial charge is 0.317 e. The van der Waals surface area contributed by atoms with Crippen LogP contribution in [-0.2, 0) is 9.59 Å². The lowest BCUT2D eigenvalue weighted by Crippen LogP contribution is -2.37. The molecule has 0 aliphatic rings.